The van der Waals surface area contributed by atoms with Gasteiger partial charge in [0.15, 0.2) is 0 Å². The maximum Gasteiger partial charge on any atom is 0.335 e. The van der Waals surface area contributed by atoms with Crippen molar-refractivity contribution in [2.24, 2.45) is 5.10 Å². The van der Waals surface area contributed by atoms with Crippen molar-refractivity contribution in [3.63, 3.8) is 0 Å². The van der Waals surface area contributed by atoms with Crippen LogP contribution in [0.4, 0.5) is 5.69 Å². The largest absolute Gasteiger partial charge is 0.478 e. The number of hydrogen-bond donors (Lipinski definition) is 2. The predicted molar refractivity (Wildman–Crippen MR) is 81.0 cm³/mol. The van der Waals surface area contributed by atoms with Crippen molar-refractivity contribution in [2.75, 3.05) is 5.43 Å². The number of carbonyl (C=O) groups is 1. The molecule has 2 aromatic rings. The minimum absolute atomic E-state index is 0.227. The van der Waals surface area contributed by atoms with Crippen LogP contribution in [0.5, 0.6) is 0 Å². The highest BCUT2D eigenvalue weighted by molar-refractivity contribution is 5.88. The number of anilines is 1. The fraction of sp³-hybridized carbons (Fsp3) is 0. The third-order valence-corrected chi connectivity index (χ3v) is 2.55. The second-order valence-electron chi connectivity index (χ2n) is 4.05. The number of nitrogens with one attached hydrogen (secondary N) is 1. The second-order valence-corrected chi connectivity index (χ2v) is 4.05. The topological polar surface area (TPSA) is 61.7 Å². The van der Waals surface area contributed by atoms with Crippen LogP contribution in [-0.4, -0.2) is 17.3 Å². The number of rotatable bonds is 5. The van der Waals surface area contributed by atoms with E-state index < -0.39 is 5.97 Å². The molecule has 4 heteroatoms. The standard InChI is InChI=1S/C16H14N2O2/c19-16(20)14-9-4-10-15(12-14)18-17-11-5-8-13-6-2-1-3-7-13/h1-12,18H,(H,19,20). The van der Waals surface area contributed by atoms with E-state index in [1.807, 2.05) is 42.5 Å². The monoisotopic (exact) mass is 266 g/mol. The molecular formula is C16H14N2O2. The molecule has 4 nitrogen and oxygen atoms in total. The van der Waals surface area contributed by atoms with Crippen molar-refractivity contribution >= 4 is 23.9 Å². The predicted octanol–water partition coefficient (Wildman–Crippen LogP) is 3.50. The summed E-state index contributed by atoms with van der Waals surface area (Å²) >= 11 is 0. The number of hydrogen-bond acceptors (Lipinski definition) is 3. The molecule has 0 spiro atoms. The Hall–Kier alpha value is -2.88. The minimum Gasteiger partial charge on any atom is -0.478 e. The van der Waals surface area contributed by atoms with Gasteiger partial charge in [-0.05, 0) is 29.8 Å². The molecule has 20 heavy (non-hydrogen) atoms. The number of carboxylic acids is 1. The number of carboxylic acid groups (broad SMARTS) is 1. The summed E-state index contributed by atoms with van der Waals surface area (Å²) < 4.78 is 0. The van der Waals surface area contributed by atoms with Gasteiger partial charge in [-0.1, -0.05) is 42.5 Å². The summed E-state index contributed by atoms with van der Waals surface area (Å²) in [6.07, 6.45) is 5.35. The van der Waals surface area contributed by atoms with Crippen LogP contribution in [-0.2, 0) is 0 Å². The van der Waals surface area contributed by atoms with E-state index in [1.165, 1.54) is 12.1 Å². The van der Waals surface area contributed by atoms with Gasteiger partial charge in [0.2, 0.25) is 0 Å². The molecule has 0 aliphatic carbocycles. The van der Waals surface area contributed by atoms with Crippen molar-refractivity contribution < 1.29 is 9.90 Å². The van der Waals surface area contributed by atoms with Crippen LogP contribution in [0.25, 0.3) is 6.08 Å². The number of nitrogens with zero attached hydrogens (tertiary/aromatic N) is 1. The molecule has 0 aliphatic rings. The zero-order valence-corrected chi connectivity index (χ0v) is 10.7. The van der Waals surface area contributed by atoms with E-state index in [0.29, 0.717) is 5.69 Å². The van der Waals surface area contributed by atoms with E-state index in [9.17, 15) is 4.79 Å². The Labute approximate surface area is 117 Å². The summed E-state index contributed by atoms with van der Waals surface area (Å²) in [5.74, 6) is -0.957. The van der Waals surface area contributed by atoms with Crippen LogP contribution in [0, 0.1) is 0 Å². The van der Waals surface area contributed by atoms with Gasteiger partial charge in [0.05, 0.1) is 11.3 Å². The zero-order valence-electron chi connectivity index (χ0n) is 10.7. The zero-order chi connectivity index (χ0) is 14.2. The van der Waals surface area contributed by atoms with Gasteiger partial charge >= 0.3 is 5.97 Å². The Balaban J connectivity index is 1.92. The van der Waals surface area contributed by atoms with Gasteiger partial charge in [-0.15, -0.1) is 0 Å². The van der Waals surface area contributed by atoms with Crippen molar-refractivity contribution in [1.29, 1.82) is 0 Å². The fourth-order valence-electron chi connectivity index (χ4n) is 1.59. The average Bonchev–Trinajstić information content (AvgIpc) is 2.48. The first-order valence-corrected chi connectivity index (χ1v) is 6.10. The lowest BCUT2D eigenvalue weighted by Crippen LogP contribution is -1.97. The SMILES string of the molecule is O=C(O)c1cccc(NN=CC=Cc2ccccc2)c1. The molecule has 0 atom stereocenters. The maximum absolute atomic E-state index is 10.8. The molecule has 2 aromatic carbocycles. The van der Waals surface area contributed by atoms with Gasteiger partial charge < -0.3 is 5.11 Å². The van der Waals surface area contributed by atoms with E-state index in [1.54, 1.807) is 18.3 Å². The Morgan fingerprint density at radius 1 is 1.10 bits per heavy atom. The molecule has 0 amide bonds. The molecule has 2 N–H and O–H groups in total. The van der Waals surface area contributed by atoms with E-state index in [2.05, 4.69) is 10.5 Å². The highest BCUT2D eigenvalue weighted by Gasteiger charge is 2.01. The third-order valence-electron chi connectivity index (χ3n) is 2.55. The van der Waals surface area contributed by atoms with Gasteiger partial charge in [-0.3, -0.25) is 5.43 Å². The summed E-state index contributed by atoms with van der Waals surface area (Å²) in [5.41, 5.74) is 4.73. The lowest BCUT2D eigenvalue weighted by atomic mass is 10.2. The van der Waals surface area contributed by atoms with Crippen molar-refractivity contribution in [2.45, 2.75) is 0 Å². The molecule has 2 rings (SSSR count). The van der Waals surface area contributed by atoms with Crippen molar-refractivity contribution in [3.8, 4) is 0 Å². The molecule has 0 saturated heterocycles. The molecule has 0 heterocycles. The molecule has 0 unspecified atom stereocenters. The first-order chi connectivity index (χ1) is 9.75. The van der Waals surface area contributed by atoms with Crippen molar-refractivity contribution in [1.82, 2.24) is 0 Å². The quantitative estimate of drug-likeness (QED) is 0.643. The normalized spacial score (nSPS) is 11.0. The number of hydrazone groups is 1. The lowest BCUT2D eigenvalue weighted by Gasteiger charge is -2.00. The summed E-state index contributed by atoms with van der Waals surface area (Å²) in [6, 6.07) is 16.4. The smallest absolute Gasteiger partial charge is 0.335 e. The Morgan fingerprint density at radius 3 is 2.65 bits per heavy atom. The first kappa shape index (κ1) is 13.5. The van der Waals surface area contributed by atoms with Crippen LogP contribution in [0.1, 0.15) is 15.9 Å². The van der Waals surface area contributed by atoms with Crippen LogP contribution in [0.2, 0.25) is 0 Å². The van der Waals surface area contributed by atoms with Crippen LogP contribution >= 0.6 is 0 Å². The lowest BCUT2D eigenvalue weighted by molar-refractivity contribution is 0.0697. The van der Waals surface area contributed by atoms with Gasteiger partial charge in [-0.25, -0.2) is 4.79 Å². The minimum atomic E-state index is -0.957. The van der Waals surface area contributed by atoms with Crippen LogP contribution in [0.3, 0.4) is 0 Å². The molecule has 100 valence electrons. The van der Waals surface area contributed by atoms with E-state index in [-0.39, 0.29) is 5.56 Å². The number of benzene rings is 2. The molecule has 0 fully saturated rings. The van der Waals surface area contributed by atoms with Gasteiger partial charge in [0, 0.05) is 6.21 Å². The summed E-state index contributed by atoms with van der Waals surface area (Å²) in [6.45, 7) is 0. The molecule has 0 radical (unpaired) electrons. The highest BCUT2D eigenvalue weighted by Crippen LogP contribution is 2.10. The number of allylic oxidation sites excluding steroid dienone is 1. The summed E-state index contributed by atoms with van der Waals surface area (Å²) in [5, 5.41) is 12.9. The van der Waals surface area contributed by atoms with Crippen molar-refractivity contribution in [3.05, 3.63) is 71.8 Å². The van der Waals surface area contributed by atoms with E-state index in [0.717, 1.165) is 5.56 Å². The number of aromatic carboxylic acids is 1. The van der Waals surface area contributed by atoms with Gasteiger partial charge in [0.1, 0.15) is 0 Å². The Bertz CT molecular complexity index is 634. The second kappa shape index (κ2) is 6.89. The van der Waals surface area contributed by atoms with Crippen LogP contribution in [0.15, 0.2) is 65.8 Å². The molecular weight excluding hydrogens is 252 g/mol. The summed E-state index contributed by atoms with van der Waals surface area (Å²) in [7, 11) is 0. The van der Waals surface area contributed by atoms with Gasteiger partial charge in [0.25, 0.3) is 0 Å². The Morgan fingerprint density at radius 2 is 1.90 bits per heavy atom. The first-order valence-electron chi connectivity index (χ1n) is 6.10. The average molecular weight is 266 g/mol. The Kier molecular flexibility index (Phi) is 4.67. The molecule has 0 bridgehead atoms. The fourth-order valence-corrected chi connectivity index (χ4v) is 1.59. The summed E-state index contributed by atoms with van der Waals surface area (Å²) in [4.78, 5) is 10.8. The van der Waals surface area contributed by atoms with Gasteiger partial charge in [-0.2, -0.15) is 5.10 Å². The third kappa shape index (κ3) is 4.10. The molecule has 0 saturated carbocycles. The van der Waals surface area contributed by atoms with E-state index >= 15 is 0 Å². The highest BCUT2D eigenvalue weighted by atomic mass is 16.4. The molecule has 0 aliphatic heterocycles. The van der Waals surface area contributed by atoms with Crippen LogP contribution < -0.4 is 5.43 Å². The van der Waals surface area contributed by atoms with E-state index in [4.69, 9.17) is 5.11 Å². The maximum atomic E-state index is 10.8. The molecule has 0 aromatic heterocycles.